The highest BCUT2D eigenvalue weighted by Crippen LogP contribution is 2.01. The molecule has 1 aromatic carbocycles. The molecule has 2 heteroatoms. The molecule has 64 valence electrons. The van der Waals surface area contributed by atoms with E-state index in [9.17, 15) is 4.79 Å². The third-order valence-corrected chi connectivity index (χ3v) is 1.86. The molecule has 0 bridgehead atoms. The second-order valence-corrected chi connectivity index (χ2v) is 3.12. The van der Waals surface area contributed by atoms with Crippen molar-refractivity contribution in [3.05, 3.63) is 35.9 Å². The van der Waals surface area contributed by atoms with Crippen molar-refractivity contribution >= 4 is 18.4 Å². The minimum absolute atomic E-state index is 0.260. The van der Waals surface area contributed by atoms with Crippen molar-refractivity contribution in [3.63, 3.8) is 0 Å². The number of thiol groups is 1. The molecule has 0 unspecified atom stereocenters. The lowest BCUT2D eigenvalue weighted by Crippen LogP contribution is -2.02. The summed E-state index contributed by atoms with van der Waals surface area (Å²) >= 11 is 4.01. The van der Waals surface area contributed by atoms with Crippen LogP contribution in [0.1, 0.15) is 12.0 Å². The zero-order valence-corrected chi connectivity index (χ0v) is 7.76. The summed E-state index contributed by atoms with van der Waals surface area (Å²) in [7, 11) is 0. The monoisotopic (exact) mass is 180 g/mol. The molecule has 0 amide bonds. The van der Waals surface area contributed by atoms with E-state index in [-0.39, 0.29) is 5.78 Å². The van der Waals surface area contributed by atoms with Gasteiger partial charge in [0.1, 0.15) is 5.78 Å². The molecule has 0 N–H and O–H groups in total. The Morgan fingerprint density at radius 2 is 1.92 bits per heavy atom. The van der Waals surface area contributed by atoms with E-state index >= 15 is 0 Å². The van der Waals surface area contributed by atoms with Gasteiger partial charge in [-0.25, -0.2) is 0 Å². The van der Waals surface area contributed by atoms with Crippen molar-refractivity contribution in [3.8, 4) is 0 Å². The molecule has 1 aromatic rings. The molecule has 0 radical (unpaired) electrons. The van der Waals surface area contributed by atoms with Gasteiger partial charge in [-0.05, 0) is 11.3 Å². The van der Waals surface area contributed by atoms with Crippen molar-refractivity contribution < 1.29 is 4.79 Å². The average Bonchev–Trinajstić information content (AvgIpc) is 2.06. The second-order valence-electron chi connectivity index (χ2n) is 2.67. The maximum Gasteiger partial charge on any atom is 0.138 e. The maximum absolute atomic E-state index is 11.2. The number of carbonyl (C=O) groups excluding carboxylic acids is 1. The van der Waals surface area contributed by atoms with E-state index in [1.807, 2.05) is 30.3 Å². The van der Waals surface area contributed by atoms with Gasteiger partial charge in [-0.15, -0.1) is 0 Å². The normalized spacial score (nSPS) is 9.75. The maximum atomic E-state index is 11.2. The first-order valence-electron chi connectivity index (χ1n) is 3.99. The predicted octanol–water partition coefficient (Wildman–Crippen LogP) is 2.12. The number of benzene rings is 1. The lowest BCUT2D eigenvalue weighted by Gasteiger charge is -1.97. The highest BCUT2D eigenvalue weighted by molar-refractivity contribution is 7.80. The van der Waals surface area contributed by atoms with Gasteiger partial charge in [0.25, 0.3) is 0 Å². The van der Waals surface area contributed by atoms with Crippen LogP contribution in [0.4, 0.5) is 0 Å². The van der Waals surface area contributed by atoms with Crippen molar-refractivity contribution in [2.45, 2.75) is 12.8 Å². The number of hydrogen-bond acceptors (Lipinski definition) is 2. The molecule has 0 aliphatic carbocycles. The van der Waals surface area contributed by atoms with Crippen LogP contribution in [0.3, 0.4) is 0 Å². The highest BCUT2D eigenvalue weighted by Gasteiger charge is 2.00. The largest absolute Gasteiger partial charge is 0.299 e. The number of Topliss-reactive ketones (excluding diaryl/α,β-unsaturated/α-hetero) is 1. The molecular formula is C10H12OS. The summed E-state index contributed by atoms with van der Waals surface area (Å²) in [4.78, 5) is 11.2. The van der Waals surface area contributed by atoms with Crippen LogP contribution in [0, 0.1) is 0 Å². The summed E-state index contributed by atoms with van der Waals surface area (Å²) < 4.78 is 0. The van der Waals surface area contributed by atoms with Crippen LogP contribution in [-0.4, -0.2) is 11.5 Å². The summed E-state index contributed by atoms with van der Waals surface area (Å²) in [5.74, 6) is 0.905. The Morgan fingerprint density at radius 3 is 2.50 bits per heavy atom. The molecule has 0 atom stereocenters. The molecule has 0 saturated heterocycles. The van der Waals surface area contributed by atoms with Gasteiger partial charge in [0.2, 0.25) is 0 Å². The fraction of sp³-hybridized carbons (Fsp3) is 0.300. The molecule has 0 saturated carbocycles. The fourth-order valence-corrected chi connectivity index (χ4v) is 1.29. The Morgan fingerprint density at radius 1 is 1.25 bits per heavy atom. The van der Waals surface area contributed by atoms with E-state index < -0.39 is 0 Å². The standard InChI is InChI=1S/C10H12OS/c11-10(6-7-12)8-9-4-2-1-3-5-9/h1-5,12H,6-8H2. The van der Waals surface area contributed by atoms with E-state index in [2.05, 4.69) is 12.6 Å². The lowest BCUT2D eigenvalue weighted by molar-refractivity contribution is -0.118. The van der Waals surface area contributed by atoms with Gasteiger partial charge in [0, 0.05) is 12.8 Å². The molecule has 12 heavy (non-hydrogen) atoms. The van der Waals surface area contributed by atoms with Crippen molar-refractivity contribution in [2.24, 2.45) is 0 Å². The Hall–Kier alpha value is -0.760. The number of rotatable bonds is 4. The molecule has 0 heterocycles. The van der Waals surface area contributed by atoms with E-state index in [4.69, 9.17) is 0 Å². The summed E-state index contributed by atoms with van der Waals surface area (Å²) in [6.45, 7) is 0. The van der Waals surface area contributed by atoms with Crippen LogP contribution in [0.15, 0.2) is 30.3 Å². The average molecular weight is 180 g/mol. The predicted molar refractivity (Wildman–Crippen MR) is 53.6 cm³/mol. The SMILES string of the molecule is O=C(CCS)Cc1ccccc1. The van der Waals surface area contributed by atoms with Gasteiger partial charge in [-0.2, -0.15) is 12.6 Å². The summed E-state index contributed by atoms with van der Waals surface area (Å²) in [6, 6.07) is 9.78. The van der Waals surface area contributed by atoms with Crippen LogP contribution in [-0.2, 0) is 11.2 Å². The van der Waals surface area contributed by atoms with E-state index in [0.29, 0.717) is 18.6 Å². The molecule has 1 nitrogen and oxygen atoms in total. The Balaban J connectivity index is 2.47. The van der Waals surface area contributed by atoms with Crippen molar-refractivity contribution in [2.75, 3.05) is 5.75 Å². The molecule has 1 rings (SSSR count). The topological polar surface area (TPSA) is 17.1 Å². The first-order chi connectivity index (χ1) is 5.83. The van der Waals surface area contributed by atoms with Crippen LogP contribution in [0.25, 0.3) is 0 Å². The van der Waals surface area contributed by atoms with Crippen LogP contribution in [0.5, 0.6) is 0 Å². The Bertz CT molecular complexity index is 243. The van der Waals surface area contributed by atoms with Gasteiger partial charge < -0.3 is 0 Å². The van der Waals surface area contributed by atoms with Gasteiger partial charge in [0.15, 0.2) is 0 Å². The molecule has 0 fully saturated rings. The third-order valence-electron chi connectivity index (χ3n) is 1.63. The first-order valence-corrected chi connectivity index (χ1v) is 4.62. The van der Waals surface area contributed by atoms with Gasteiger partial charge in [-0.3, -0.25) is 4.79 Å². The van der Waals surface area contributed by atoms with E-state index in [1.165, 1.54) is 0 Å². The molecule has 0 aliphatic heterocycles. The minimum atomic E-state index is 0.260. The van der Waals surface area contributed by atoms with Gasteiger partial charge in [0.05, 0.1) is 0 Å². The molecule has 0 spiro atoms. The Labute approximate surface area is 78.2 Å². The van der Waals surface area contributed by atoms with E-state index in [0.717, 1.165) is 5.56 Å². The molecular weight excluding hydrogens is 168 g/mol. The van der Waals surface area contributed by atoms with Crippen LogP contribution < -0.4 is 0 Å². The van der Waals surface area contributed by atoms with Crippen LogP contribution >= 0.6 is 12.6 Å². The first kappa shape index (κ1) is 9.33. The third kappa shape index (κ3) is 3.09. The number of ketones is 1. The Kier molecular flexibility index (Phi) is 3.88. The summed E-state index contributed by atoms with van der Waals surface area (Å²) in [5.41, 5.74) is 1.09. The fourth-order valence-electron chi connectivity index (χ4n) is 1.04. The zero-order chi connectivity index (χ0) is 8.81. The van der Waals surface area contributed by atoms with Crippen molar-refractivity contribution in [1.29, 1.82) is 0 Å². The minimum Gasteiger partial charge on any atom is -0.299 e. The van der Waals surface area contributed by atoms with Gasteiger partial charge in [-0.1, -0.05) is 30.3 Å². The number of carbonyl (C=O) groups is 1. The molecule has 0 aliphatic rings. The van der Waals surface area contributed by atoms with E-state index in [1.54, 1.807) is 0 Å². The molecule has 0 aromatic heterocycles. The highest BCUT2D eigenvalue weighted by atomic mass is 32.1. The smallest absolute Gasteiger partial charge is 0.138 e. The van der Waals surface area contributed by atoms with Gasteiger partial charge >= 0.3 is 0 Å². The quantitative estimate of drug-likeness (QED) is 0.702. The van der Waals surface area contributed by atoms with Crippen LogP contribution in [0.2, 0.25) is 0 Å². The lowest BCUT2D eigenvalue weighted by atomic mass is 10.1. The summed E-state index contributed by atoms with van der Waals surface area (Å²) in [5, 5.41) is 0. The zero-order valence-electron chi connectivity index (χ0n) is 6.86. The summed E-state index contributed by atoms with van der Waals surface area (Å²) in [6.07, 6.45) is 1.11. The second kappa shape index (κ2) is 4.99. The number of hydrogen-bond donors (Lipinski definition) is 1. The van der Waals surface area contributed by atoms with Crippen molar-refractivity contribution in [1.82, 2.24) is 0 Å².